The van der Waals surface area contributed by atoms with Crippen LogP contribution in [0.15, 0.2) is 16.6 Å². The fraction of sp³-hybridized carbons (Fsp3) is 0.571. The number of benzene rings is 1. The van der Waals surface area contributed by atoms with Crippen LogP contribution in [-0.4, -0.2) is 11.2 Å². The molecule has 2 nitrogen and oxygen atoms in total. The summed E-state index contributed by atoms with van der Waals surface area (Å²) < 4.78 is 28.0. The molecule has 20 heavy (non-hydrogen) atoms. The first-order valence-electron chi connectivity index (χ1n) is 6.59. The SMILES string of the molecule is Cl.N[C@@H](c1c(F)cc(Br)cc1F)[C@H](O)C1CCCCC1. The van der Waals surface area contributed by atoms with Gasteiger partial charge in [-0.1, -0.05) is 35.2 Å². The van der Waals surface area contributed by atoms with E-state index >= 15 is 0 Å². The second-order valence-corrected chi connectivity index (χ2v) is 6.11. The summed E-state index contributed by atoms with van der Waals surface area (Å²) in [4.78, 5) is 0. The lowest BCUT2D eigenvalue weighted by Gasteiger charge is -2.30. The molecule has 1 saturated carbocycles. The van der Waals surface area contributed by atoms with Crippen molar-refractivity contribution < 1.29 is 13.9 Å². The van der Waals surface area contributed by atoms with E-state index in [1.807, 2.05) is 0 Å². The summed E-state index contributed by atoms with van der Waals surface area (Å²) in [5.74, 6) is -1.39. The molecule has 0 heterocycles. The molecule has 0 saturated heterocycles. The van der Waals surface area contributed by atoms with Crippen LogP contribution in [0.4, 0.5) is 8.78 Å². The zero-order valence-corrected chi connectivity index (χ0v) is 13.4. The maximum atomic E-state index is 13.8. The third-order valence-electron chi connectivity index (χ3n) is 3.88. The molecule has 114 valence electrons. The maximum Gasteiger partial charge on any atom is 0.132 e. The van der Waals surface area contributed by atoms with E-state index in [4.69, 9.17) is 5.73 Å². The molecule has 1 fully saturated rings. The molecule has 1 aromatic rings. The predicted molar refractivity (Wildman–Crippen MR) is 80.8 cm³/mol. The molecule has 1 aromatic carbocycles. The lowest BCUT2D eigenvalue weighted by atomic mass is 9.81. The Morgan fingerprint density at radius 1 is 1.15 bits per heavy atom. The molecule has 0 bridgehead atoms. The van der Waals surface area contributed by atoms with Crippen LogP contribution < -0.4 is 5.73 Å². The van der Waals surface area contributed by atoms with Crippen molar-refractivity contribution in [3.05, 3.63) is 33.8 Å². The van der Waals surface area contributed by atoms with Crippen LogP contribution in [0, 0.1) is 17.6 Å². The standard InChI is InChI=1S/C14H18BrF2NO.ClH/c15-9-6-10(16)12(11(17)7-9)13(18)14(19)8-4-2-1-3-5-8;/h6-8,13-14,19H,1-5,18H2;1H/t13-,14+;/m0./s1. The first kappa shape index (κ1) is 17.8. The Bertz CT molecular complexity index is 432. The van der Waals surface area contributed by atoms with Crippen LogP contribution in [-0.2, 0) is 0 Å². The first-order valence-corrected chi connectivity index (χ1v) is 7.38. The highest BCUT2D eigenvalue weighted by atomic mass is 79.9. The van der Waals surface area contributed by atoms with E-state index in [0.717, 1.165) is 32.1 Å². The van der Waals surface area contributed by atoms with E-state index in [9.17, 15) is 13.9 Å². The number of halogens is 4. The van der Waals surface area contributed by atoms with Crippen molar-refractivity contribution in [2.45, 2.75) is 44.2 Å². The smallest absolute Gasteiger partial charge is 0.132 e. The normalized spacial score (nSPS) is 19.2. The molecule has 0 radical (unpaired) electrons. The largest absolute Gasteiger partial charge is 0.391 e. The van der Waals surface area contributed by atoms with Crippen molar-refractivity contribution in [3.63, 3.8) is 0 Å². The van der Waals surface area contributed by atoms with Gasteiger partial charge in [-0.3, -0.25) is 0 Å². The van der Waals surface area contributed by atoms with Crippen LogP contribution in [0.25, 0.3) is 0 Å². The van der Waals surface area contributed by atoms with Crippen molar-refractivity contribution in [2.75, 3.05) is 0 Å². The lowest BCUT2D eigenvalue weighted by Crippen LogP contribution is -2.35. The van der Waals surface area contributed by atoms with E-state index in [0.29, 0.717) is 4.47 Å². The molecule has 1 aliphatic carbocycles. The van der Waals surface area contributed by atoms with E-state index in [-0.39, 0.29) is 23.9 Å². The Balaban J connectivity index is 0.00000200. The van der Waals surface area contributed by atoms with Gasteiger partial charge < -0.3 is 10.8 Å². The molecule has 0 unspecified atom stereocenters. The predicted octanol–water partition coefficient (Wildman–Crippen LogP) is 4.09. The van der Waals surface area contributed by atoms with Gasteiger partial charge in [0.05, 0.1) is 12.1 Å². The van der Waals surface area contributed by atoms with Crippen LogP contribution in [0.2, 0.25) is 0 Å². The third-order valence-corrected chi connectivity index (χ3v) is 4.34. The Morgan fingerprint density at radius 2 is 1.65 bits per heavy atom. The Hall–Kier alpha value is -0.230. The average Bonchev–Trinajstić information content (AvgIpc) is 2.37. The first-order chi connectivity index (χ1) is 9.00. The minimum absolute atomic E-state index is 0. The number of aliphatic hydroxyl groups excluding tert-OH is 1. The fourth-order valence-corrected chi connectivity index (χ4v) is 3.21. The number of rotatable bonds is 3. The molecular formula is C14H19BrClF2NO. The summed E-state index contributed by atoms with van der Waals surface area (Å²) >= 11 is 3.03. The summed E-state index contributed by atoms with van der Waals surface area (Å²) in [6.07, 6.45) is 4.08. The van der Waals surface area contributed by atoms with Crippen LogP contribution >= 0.6 is 28.3 Å². The summed E-state index contributed by atoms with van der Waals surface area (Å²) in [7, 11) is 0. The van der Waals surface area contributed by atoms with Gasteiger partial charge in [-0.15, -0.1) is 12.4 Å². The van der Waals surface area contributed by atoms with Crippen LogP contribution in [0.1, 0.15) is 43.7 Å². The summed E-state index contributed by atoms with van der Waals surface area (Å²) in [5, 5.41) is 10.2. The molecule has 6 heteroatoms. The monoisotopic (exact) mass is 369 g/mol. The van der Waals surface area contributed by atoms with Gasteiger partial charge in [0.2, 0.25) is 0 Å². The Kier molecular flexibility index (Phi) is 6.85. The summed E-state index contributed by atoms with van der Waals surface area (Å²) in [5.41, 5.74) is 5.65. The minimum Gasteiger partial charge on any atom is -0.391 e. The van der Waals surface area contributed by atoms with Gasteiger partial charge >= 0.3 is 0 Å². The molecular weight excluding hydrogens is 352 g/mol. The van der Waals surface area contributed by atoms with Crippen LogP contribution in [0.3, 0.4) is 0 Å². The van der Waals surface area contributed by atoms with E-state index in [1.165, 1.54) is 12.1 Å². The van der Waals surface area contributed by atoms with Crippen molar-refractivity contribution in [1.82, 2.24) is 0 Å². The van der Waals surface area contributed by atoms with Crippen molar-refractivity contribution >= 4 is 28.3 Å². The fourth-order valence-electron chi connectivity index (χ4n) is 2.81. The highest BCUT2D eigenvalue weighted by Crippen LogP contribution is 2.33. The molecule has 2 atom stereocenters. The van der Waals surface area contributed by atoms with Crippen molar-refractivity contribution in [1.29, 1.82) is 0 Å². The summed E-state index contributed by atoms with van der Waals surface area (Å²) in [6.45, 7) is 0. The molecule has 0 aliphatic heterocycles. The molecule has 3 N–H and O–H groups in total. The summed E-state index contributed by atoms with van der Waals surface area (Å²) in [6, 6.07) is 1.33. The number of nitrogens with two attached hydrogens (primary N) is 1. The van der Waals surface area contributed by atoms with E-state index < -0.39 is 23.8 Å². The number of hydrogen-bond acceptors (Lipinski definition) is 2. The highest BCUT2D eigenvalue weighted by Gasteiger charge is 2.31. The number of hydrogen-bond donors (Lipinski definition) is 2. The zero-order chi connectivity index (χ0) is 14.0. The van der Waals surface area contributed by atoms with E-state index in [2.05, 4.69) is 15.9 Å². The van der Waals surface area contributed by atoms with Crippen LogP contribution in [0.5, 0.6) is 0 Å². The maximum absolute atomic E-state index is 13.8. The second-order valence-electron chi connectivity index (χ2n) is 5.20. The van der Waals surface area contributed by atoms with Gasteiger partial charge in [-0.05, 0) is 30.9 Å². The van der Waals surface area contributed by atoms with Gasteiger partial charge in [-0.2, -0.15) is 0 Å². The third kappa shape index (κ3) is 3.91. The highest BCUT2D eigenvalue weighted by molar-refractivity contribution is 9.10. The quantitative estimate of drug-likeness (QED) is 0.842. The molecule has 0 spiro atoms. The topological polar surface area (TPSA) is 46.2 Å². The lowest BCUT2D eigenvalue weighted by molar-refractivity contribution is 0.0596. The Morgan fingerprint density at radius 3 is 2.15 bits per heavy atom. The zero-order valence-electron chi connectivity index (χ0n) is 11.0. The van der Waals surface area contributed by atoms with Crippen molar-refractivity contribution in [3.8, 4) is 0 Å². The van der Waals surface area contributed by atoms with Crippen molar-refractivity contribution in [2.24, 2.45) is 11.7 Å². The van der Waals surface area contributed by atoms with Gasteiger partial charge in [0.25, 0.3) is 0 Å². The second kappa shape index (κ2) is 7.69. The molecule has 2 rings (SSSR count). The van der Waals surface area contributed by atoms with Gasteiger partial charge in [0.15, 0.2) is 0 Å². The molecule has 1 aliphatic rings. The number of aliphatic hydroxyl groups is 1. The minimum atomic E-state index is -1.02. The van der Waals surface area contributed by atoms with Gasteiger partial charge in [0.1, 0.15) is 11.6 Å². The average molecular weight is 371 g/mol. The molecule has 0 amide bonds. The van der Waals surface area contributed by atoms with Gasteiger partial charge in [-0.25, -0.2) is 8.78 Å². The Labute approximate surface area is 132 Å². The molecule has 0 aromatic heterocycles. The van der Waals surface area contributed by atoms with Gasteiger partial charge in [0, 0.05) is 10.0 Å². The van der Waals surface area contributed by atoms with E-state index in [1.54, 1.807) is 0 Å².